The van der Waals surface area contributed by atoms with Crippen LogP contribution in [0.5, 0.6) is 5.75 Å². The number of nitrogens with zero attached hydrogens (tertiary/aromatic N) is 3. The van der Waals surface area contributed by atoms with Crippen molar-refractivity contribution in [2.24, 2.45) is 11.8 Å². The molecule has 12 heteroatoms. The molecule has 2 heterocycles. The Morgan fingerprint density at radius 2 is 1.81 bits per heavy atom. The molecule has 0 aliphatic carbocycles. The van der Waals surface area contributed by atoms with E-state index in [1.807, 2.05) is 4.90 Å². The molecule has 2 aliphatic heterocycles. The number of carbonyl (C=O) groups excluding carboxylic acids is 3. The molecule has 10 nitrogen and oxygen atoms in total. The van der Waals surface area contributed by atoms with Crippen molar-refractivity contribution < 1.29 is 37.0 Å². The number of Topliss-reactive ketones (excluding diaryl/α,β-unsaturated/α-hetero) is 1. The molecule has 2 aliphatic rings. The van der Waals surface area contributed by atoms with Crippen LogP contribution in [0.15, 0.2) is 42.5 Å². The number of carbonyl (C=O) groups is 3. The Morgan fingerprint density at radius 1 is 1.12 bits per heavy atom. The van der Waals surface area contributed by atoms with E-state index >= 15 is 0 Å². The molecule has 4 atom stereocenters. The van der Waals surface area contributed by atoms with Gasteiger partial charge in [0.15, 0.2) is 5.78 Å². The van der Waals surface area contributed by atoms with Crippen LogP contribution in [0.4, 0.5) is 4.39 Å². The molecule has 1 amide bonds. The van der Waals surface area contributed by atoms with Gasteiger partial charge in [0.25, 0.3) is 0 Å². The third-order valence-corrected chi connectivity index (χ3v) is 9.85. The topological polar surface area (TPSA) is 125 Å². The van der Waals surface area contributed by atoms with Crippen molar-refractivity contribution in [2.45, 2.75) is 31.7 Å². The monoisotopic (exact) mass is 603 g/mol. The number of ether oxygens (including phenoxy) is 1. The van der Waals surface area contributed by atoms with Gasteiger partial charge in [-0.2, -0.15) is 0 Å². The summed E-state index contributed by atoms with van der Waals surface area (Å²) in [6, 6.07) is 9.79. The van der Waals surface area contributed by atoms with Crippen molar-refractivity contribution >= 4 is 27.7 Å². The highest BCUT2D eigenvalue weighted by molar-refractivity contribution is 7.88. The number of likely N-dealkylation sites (tertiary alicyclic amines) is 2. The number of hydrogen-bond acceptors (Lipinski definition) is 8. The molecule has 0 aromatic heterocycles. The molecule has 1 unspecified atom stereocenters. The smallest absolute Gasteiger partial charge is 0.328 e. The van der Waals surface area contributed by atoms with E-state index in [0.29, 0.717) is 30.5 Å². The summed E-state index contributed by atoms with van der Waals surface area (Å²) in [4.78, 5) is 44.4. The predicted octanol–water partition coefficient (Wildman–Crippen LogP) is 2.41. The summed E-state index contributed by atoms with van der Waals surface area (Å²) in [7, 11) is -0.734. The number of likely N-dealkylation sites (N-methyl/N-ethyl adjacent to an activating group) is 1. The Labute approximate surface area is 246 Å². The molecule has 2 aromatic carbocycles. The molecule has 2 fully saturated rings. The van der Waals surface area contributed by atoms with E-state index < -0.39 is 45.6 Å². The van der Waals surface area contributed by atoms with Gasteiger partial charge in [-0.15, -0.1) is 0 Å². The van der Waals surface area contributed by atoms with Gasteiger partial charge in [-0.05, 0) is 49.1 Å². The van der Waals surface area contributed by atoms with Crippen LogP contribution in [0.1, 0.15) is 40.2 Å². The Morgan fingerprint density at radius 3 is 2.48 bits per heavy atom. The molecular weight excluding hydrogens is 565 g/mol. The lowest BCUT2D eigenvalue weighted by molar-refractivity contribution is -0.153. The zero-order valence-corrected chi connectivity index (χ0v) is 25.1. The third kappa shape index (κ3) is 6.66. The molecule has 2 aromatic rings. The second-order valence-electron chi connectivity index (χ2n) is 11.2. The van der Waals surface area contributed by atoms with Crippen molar-refractivity contribution in [2.75, 3.05) is 53.1 Å². The van der Waals surface area contributed by atoms with Crippen LogP contribution in [-0.2, 0) is 24.3 Å². The second kappa shape index (κ2) is 12.9. The fourth-order valence-electron chi connectivity index (χ4n) is 6.16. The Kier molecular flexibility index (Phi) is 9.69. The Hall–Kier alpha value is -3.35. The fraction of sp³-hybridized carbons (Fsp3) is 0.500. The zero-order valence-electron chi connectivity index (χ0n) is 24.3. The number of esters is 1. The molecule has 0 spiro atoms. The molecule has 4 rings (SSSR count). The first-order valence-corrected chi connectivity index (χ1v) is 15.8. The summed E-state index contributed by atoms with van der Waals surface area (Å²) in [5, 5.41) is 10.1. The summed E-state index contributed by atoms with van der Waals surface area (Å²) in [6.07, 6.45) is 2.16. The van der Waals surface area contributed by atoms with Crippen LogP contribution in [0, 0.1) is 24.6 Å². The van der Waals surface area contributed by atoms with Crippen molar-refractivity contribution in [3.05, 3.63) is 65.0 Å². The van der Waals surface area contributed by atoms with Gasteiger partial charge in [-0.25, -0.2) is 21.9 Å². The molecule has 42 heavy (non-hydrogen) atoms. The zero-order chi connectivity index (χ0) is 30.8. The predicted molar refractivity (Wildman–Crippen MR) is 154 cm³/mol. The lowest BCUT2D eigenvalue weighted by Crippen LogP contribution is -2.55. The number of amides is 1. The minimum Gasteiger partial charge on any atom is -0.508 e. The molecule has 2 saturated heterocycles. The largest absolute Gasteiger partial charge is 0.508 e. The van der Waals surface area contributed by atoms with Crippen LogP contribution >= 0.6 is 0 Å². The van der Waals surface area contributed by atoms with Crippen molar-refractivity contribution in [3.8, 4) is 5.75 Å². The van der Waals surface area contributed by atoms with Crippen LogP contribution in [-0.4, -0.2) is 104 Å². The van der Waals surface area contributed by atoms with E-state index in [1.165, 1.54) is 41.6 Å². The van der Waals surface area contributed by atoms with Gasteiger partial charge < -0.3 is 19.6 Å². The van der Waals surface area contributed by atoms with Crippen LogP contribution in [0.25, 0.3) is 0 Å². The van der Waals surface area contributed by atoms with Gasteiger partial charge in [0, 0.05) is 57.2 Å². The summed E-state index contributed by atoms with van der Waals surface area (Å²) in [5.41, 5.74) is 1.09. The van der Waals surface area contributed by atoms with E-state index in [9.17, 15) is 32.3 Å². The molecule has 0 saturated carbocycles. The fourth-order valence-corrected chi connectivity index (χ4v) is 6.58. The van der Waals surface area contributed by atoms with Crippen molar-refractivity contribution in [3.63, 3.8) is 0 Å². The summed E-state index contributed by atoms with van der Waals surface area (Å²) < 4.78 is 45.2. The van der Waals surface area contributed by atoms with E-state index in [4.69, 9.17) is 4.74 Å². The molecule has 0 bridgehead atoms. The first-order chi connectivity index (χ1) is 19.8. The van der Waals surface area contributed by atoms with E-state index in [1.54, 1.807) is 31.2 Å². The number of phenolic OH excluding ortho intramolecular Hbond substituents is 1. The number of benzene rings is 2. The summed E-state index contributed by atoms with van der Waals surface area (Å²) >= 11 is 0. The molecule has 1 N–H and O–H groups in total. The number of hydrogen-bond donors (Lipinski definition) is 1. The number of halogens is 1. The average molecular weight is 604 g/mol. The quantitative estimate of drug-likeness (QED) is 0.342. The van der Waals surface area contributed by atoms with Crippen molar-refractivity contribution in [1.29, 1.82) is 0 Å². The Bertz CT molecular complexity index is 1450. The van der Waals surface area contributed by atoms with Gasteiger partial charge in [0.2, 0.25) is 15.9 Å². The first-order valence-electron chi connectivity index (χ1n) is 13.9. The van der Waals surface area contributed by atoms with Gasteiger partial charge in [-0.3, -0.25) is 9.59 Å². The number of ketones is 1. The highest BCUT2D eigenvalue weighted by Crippen LogP contribution is 2.42. The molecular formula is C30H38FN3O7S. The third-order valence-electron chi connectivity index (χ3n) is 8.54. The number of phenols is 1. The van der Waals surface area contributed by atoms with Gasteiger partial charge in [0.05, 0.1) is 19.3 Å². The highest BCUT2D eigenvalue weighted by Gasteiger charge is 2.48. The lowest BCUT2D eigenvalue weighted by atomic mass is 9.69. The second-order valence-corrected chi connectivity index (χ2v) is 13.3. The normalized spacial score (nSPS) is 23.2. The molecule has 0 radical (unpaired) electrons. The van der Waals surface area contributed by atoms with Crippen LogP contribution in [0.2, 0.25) is 0 Å². The van der Waals surface area contributed by atoms with Gasteiger partial charge >= 0.3 is 5.97 Å². The van der Waals surface area contributed by atoms with E-state index in [2.05, 4.69) is 0 Å². The summed E-state index contributed by atoms with van der Waals surface area (Å²) in [6.45, 7) is 2.67. The maximum Gasteiger partial charge on any atom is 0.328 e. The average Bonchev–Trinajstić information content (AvgIpc) is 3.45. The number of piperidine rings is 1. The van der Waals surface area contributed by atoms with E-state index in [-0.39, 0.29) is 49.2 Å². The van der Waals surface area contributed by atoms with E-state index in [0.717, 1.165) is 6.26 Å². The number of sulfonamides is 1. The van der Waals surface area contributed by atoms with Gasteiger partial charge in [0.1, 0.15) is 17.6 Å². The van der Waals surface area contributed by atoms with Gasteiger partial charge in [-0.1, -0.05) is 24.3 Å². The maximum atomic E-state index is 14.9. The van der Waals surface area contributed by atoms with Crippen molar-refractivity contribution in [1.82, 2.24) is 14.1 Å². The number of aromatic hydroxyl groups is 1. The first kappa shape index (κ1) is 31.6. The Balaban J connectivity index is 1.81. The lowest BCUT2D eigenvalue weighted by Gasteiger charge is -2.45. The minimum atomic E-state index is -3.46. The maximum absolute atomic E-state index is 14.9. The van der Waals surface area contributed by atoms with Crippen LogP contribution in [0.3, 0.4) is 0 Å². The summed E-state index contributed by atoms with van der Waals surface area (Å²) in [5.74, 6) is -4.17. The highest BCUT2D eigenvalue weighted by atomic mass is 32.2. The SMILES string of the molecule is COC(=O)C1CCCN1C(=O)[C@@H]1CN(CCN(C)S(C)(=O)=O)C[C@H](C(=O)c2cccc(O)c2)[C@H]1c1cccc(F)c1C. The molecule has 228 valence electrons. The number of rotatable bonds is 9. The van der Waals surface area contributed by atoms with Crippen LogP contribution < -0.4 is 0 Å². The number of methoxy groups -OCH3 is 1. The minimum absolute atomic E-state index is 0.0904. The standard InChI is InChI=1S/C30H38FN3O7S/c1-19-22(10-6-11-25(19)31)27-23(28(36)20-8-5-9-21(35)16-20)17-33(15-14-32(2)42(4,39)40)18-24(27)29(37)34-13-7-12-26(34)30(38)41-3/h5-6,8-11,16,23-24,26-27,35H,7,12-15,17-18H2,1-4H3/t23-,24+,26?,27+/m0/s1.